The third-order valence-corrected chi connectivity index (χ3v) is 14.8. The molecule has 76 heavy (non-hydrogen) atoms. The Labute approximate surface area is 439 Å². The first-order valence-electron chi connectivity index (χ1n) is 22.6. The van der Waals surface area contributed by atoms with Gasteiger partial charge in [0.2, 0.25) is 0 Å². The second-order valence-electron chi connectivity index (χ2n) is 16.7. The molecule has 0 radical (unpaired) electrons. The van der Waals surface area contributed by atoms with Crippen molar-refractivity contribution >= 4 is 126 Å². The number of carbonyl (C=O) groups is 6. The van der Waals surface area contributed by atoms with Gasteiger partial charge >= 0.3 is 23.9 Å². The van der Waals surface area contributed by atoms with E-state index in [0.29, 0.717) is 55.2 Å². The fourth-order valence-corrected chi connectivity index (χ4v) is 11.1. The lowest BCUT2D eigenvalue weighted by molar-refractivity contribution is -0.140. The van der Waals surface area contributed by atoms with Crippen LogP contribution in [0.5, 0.6) is 5.75 Å². The van der Waals surface area contributed by atoms with Crippen molar-refractivity contribution < 1.29 is 53.9 Å². The van der Waals surface area contributed by atoms with Crippen LogP contribution in [0.3, 0.4) is 0 Å². The normalized spacial score (nSPS) is 14.4. The molecule has 1 fully saturated rings. The molecule has 1 saturated heterocycles. The fraction of sp³-hybridized carbons (Fsp3) is 0.0577. The number of carboxylic acids is 4. The summed E-state index contributed by atoms with van der Waals surface area (Å²) in [6.45, 7) is 2.78. The number of ether oxygens (including phenoxy) is 1. The van der Waals surface area contributed by atoms with Crippen molar-refractivity contribution in [2.75, 3.05) is 18.0 Å². The SMILES string of the molecule is CCN1C(=C/C=C2/SC(=S)N(CC(=O)O)C2=O)Sc2ccccc21.O=COc1ccc2c(c1)-c1nc-2nc2[nH]c(nc3nc(nc4[nH]c(n1)c1ccc(C(=O)O)cc41)-c1ccc(C(=O)O)cc1-3)c1ccc(C(=O)O)cc21. The predicted molar refractivity (Wildman–Crippen MR) is 285 cm³/mol. The number of nitrogens with zero attached hydrogens (tertiary/aromatic N) is 8. The van der Waals surface area contributed by atoms with E-state index in [9.17, 15) is 44.1 Å². The number of carboxylic acid groups (broad SMARTS) is 4. The van der Waals surface area contributed by atoms with Crippen LogP contribution in [0.15, 0.2) is 124 Å². The first-order valence-corrected chi connectivity index (χ1v) is 24.6. The van der Waals surface area contributed by atoms with Gasteiger partial charge in [0.15, 0.2) is 23.3 Å². The molecule has 0 aliphatic carbocycles. The average Bonchev–Trinajstić information content (AvgIpc) is 4.24. The van der Waals surface area contributed by atoms with Crippen LogP contribution in [0.25, 0.3) is 89.7 Å². The number of thioether (sulfide) groups is 2. The Morgan fingerprint density at radius 1 is 0.605 bits per heavy atom. The Bertz CT molecular complexity index is 4170. The largest absolute Gasteiger partial charge is 0.480 e. The topological polar surface area (TPSA) is 308 Å². The van der Waals surface area contributed by atoms with Gasteiger partial charge in [0, 0.05) is 55.2 Å². The summed E-state index contributed by atoms with van der Waals surface area (Å²) in [5.41, 5.74) is 3.84. The highest BCUT2D eigenvalue weighted by Gasteiger charge is 2.34. The summed E-state index contributed by atoms with van der Waals surface area (Å²) in [5, 5.41) is 41.1. The van der Waals surface area contributed by atoms with Gasteiger partial charge in [-0.25, -0.2) is 44.3 Å². The van der Waals surface area contributed by atoms with E-state index in [0.717, 1.165) is 33.9 Å². The number of aliphatic carboxylic acids is 1. The number of aromatic amines is 2. The molecule has 0 atom stereocenters. The van der Waals surface area contributed by atoms with Gasteiger partial charge in [-0.05, 0) is 104 Å². The maximum absolute atomic E-state index is 12.3. The standard InChI is InChI=1S/C36H18N8O8.C16H14N2O3S3/c45-13-52-17-4-8-21-25(12-17)33-43-28-20-7-3-16(36(50)51)11-24(20)31(41-28)39-26-18-5-1-14(34(46)47)9-22(18)30(37-26)38-27-19-6-2-15(35(48)49)10-23(19)32(40-27)42-29(21)44-33;1-2-17-10-5-3-4-6-11(10)23-13(17)8-7-12-15(21)18(9-14(19)20)16(22)24-12/h1-13H,(H,46,47)(H,48,49)(H,50,51)(H2,37,38,39,40,41,42,43,44);3-8H,2,9H2,1H3,(H,19,20)/b;12-7+,13-8?. The Morgan fingerprint density at radius 2 is 1.12 bits per heavy atom. The smallest absolute Gasteiger partial charge is 0.335 e. The number of aromatic nitrogens is 8. The zero-order chi connectivity index (χ0) is 53.1. The van der Waals surface area contributed by atoms with E-state index in [1.54, 1.807) is 54.2 Å². The van der Waals surface area contributed by atoms with Crippen LogP contribution in [0.2, 0.25) is 0 Å². The number of nitrogens with one attached hydrogen (secondary N) is 2. The predicted octanol–water partition coefficient (Wildman–Crippen LogP) is 8.79. The number of benzene rings is 5. The van der Waals surface area contributed by atoms with Crippen LogP contribution in [-0.2, 0) is 14.4 Å². The summed E-state index contributed by atoms with van der Waals surface area (Å²) in [5.74, 6) is -4.08. The minimum atomic E-state index is -1.17. The molecule has 4 aliphatic heterocycles. The fourth-order valence-electron chi connectivity index (χ4n) is 8.74. The molecule has 5 aromatic carbocycles. The third-order valence-electron chi connectivity index (χ3n) is 12.2. The van der Waals surface area contributed by atoms with Gasteiger partial charge in [0.05, 0.1) is 32.3 Å². The number of anilines is 1. The van der Waals surface area contributed by atoms with Crippen molar-refractivity contribution in [2.45, 2.75) is 11.8 Å². The molecule has 24 heteroatoms. The number of H-pyrrole nitrogens is 2. The van der Waals surface area contributed by atoms with Crippen LogP contribution in [-0.4, -0.2) is 119 Å². The van der Waals surface area contributed by atoms with Gasteiger partial charge in [0.25, 0.3) is 12.4 Å². The molecule has 4 aliphatic rings. The average molecular weight is 1070 g/mol. The van der Waals surface area contributed by atoms with E-state index in [-0.39, 0.29) is 78.6 Å². The van der Waals surface area contributed by atoms with E-state index in [4.69, 9.17) is 52.0 Å². The number of carbonyl (C=O) groups excluding carboxylic acids is 2. The highest BCUT2D eigenvalue weighted by molar-refractivity contribution is 8.26. The molecule has 8 aromatic rings. The number of fused-ring (bicyclic) bond motifs is 21. The highest BCUT2D eigenvalue weighted by Crippen LogP contribution is 2.46. The van der Waals surface area contributed by atoms with Crippen molar-refractivity contribution in [2.24, 2.45) is 0 Å². The van der Waals surface area contributed by atoms with E-state index >= 15 is 0 Å². The molecule has 0 unspecified atom stereocenters. The summed E-state index contributed by atoms with van der Waals surface area (Å²) in [6.07, 6.45) is 3.61. The Hall–Kier alpha value is -9.65. The van der Waals surface area contributed by atoms with Crippen LogP contribution < -0.4 is 9.64 Å². The van der Waals surface area contributed by atoms with Crippen molar-refractivity contribution in [1.29, 1.82) is 0 Å². The molecule has 6 N–H and O–H groups in total. The molecule has 21 nitrogen and oxygen atoms in total. The quantitative estimate of drug-likeness (QED) is 0.0447. The van der Waals surface area contributed by atoms with Crippen molar-refractivity contribution in [3.05, 3.63) is 136 Å². The monoisotopic (exact) mass is 1070 g/mol. The lowest BCUT2D eigenvalue weighted by atomic mass is 10.0. The highest BCUT2D eigenvalue weighted by atomic mass is 32.2. The van der Waals surface area contributed by atoms with Crippen LogP contribution in [0, 0.1) is 0 Å². The second kappa shape index (κ2) is 19.3. The number of hydrogen-bond acceptors (Lipinski definition) is 17. The van der Waals surface area contributed by atoms with Crippen molar-refractivity contribution in [3.63, 3.8) is 0 Å². The molecule has 0 spiro atoms. The van der Waals surface area contributed by atoms with Crippen LogP contribution in [0.4, 0.5) is 5.69 Å². The van der Waals surface area contributed by atoms with Gasteiger partial charge in [-0.1, -0.05) is 47.9 Å². The lowest BCUT2D eigenvalue weighted by Crippen LogP contribution is -2.33. The molecule has 7 heterocycles. The van der Waals surface area contributed by atoms with Gasteiger partial charge in [0.1, 0.15) is 39.2 Å². The minimum Gasteiger partial charge on any atom is -0.480 e. The zero-order valence-electron chi connectivity index (χ0n) is 38.8. The molecule has 3 aromatic heterocycles. The third kappa shape index (κ3) is 8.80. The molecule has 12 rings (SSSR count). The summed E-state index contributed by atoms with van der Waals surface area (Å²) in [7, 11) is 0. The molecule has 0 saturated carbocycles. The maximum Gasteiger partial charge on any atom is 0.335 e. The van der Waals surface area contributed by atoms with Gasteiger partial charge in [-0.15, -0.1) is 0 Å². The summed E-state index contributed by atoms with van der Waals surface area (Å²) < 4.78 is 5.38. The second-order valence-corrected chi connectivity index (χ2v) is 19.5. The number of rotatable bonds is 9. The Balaban J connectivity index is 0.000000215. The Morgan fingerprint density at radius 3 is 1.67 bits per heavy atom. The number of allylic oxidation sites excluding steroid dienone is 2. The van der Waals surface area contributed by atoms with Gasteiger partial charge in [-0.2, -0.15) is 0 Å². The molecular weight excluding hydrogens is 1040 g/mol. The summed E-state index contributed by atoms with van der Waals surface area (Å²) in [6, 6.07) is 26.2. The van der Waals surface area contributed by atoms with Gasteiger partial charge in [-0.3, -0.25) is 19.3 Å². The zero-order valence-corrected chi connectivity index (χ0v) is 41.3. The molecule has 8 bridgehead atoms. The summed E-state index contributed by atoms with van der Waals surface area (Å²) in [4.78, 5) is 110. The number of hydrogen-bond donors (Lipinski definition) is 6. The molecule has 1 amide bonds. The van der Waals surface area contributed by atoms with Crippen LogP contribution >= 0.6 is 35.7 Å². The lowest BCUT2D eigenvalue weighted by Gasteiger charge is -2.17. The van der Waals surface area contributed by atoms with E-state index in [2.05, 4.69) is 33.9 Å². The molecule has 374 valence electrons. The van der Waals surface area contributed by atoms with Crippen molar-refractivity contribution in [3.8, 4) is 51.3 Å². The van der Waals surface area contributed by atoms with Gasteiger partial charge < -0.3 is 40.0 Å². The number of amides is 1. The number of aromatic carboxylic acids is 3. The number of para-hydroxylation sites is 1. The van der Waals surface area contributed by atoms with E-state index < -0.39 is 30.4 Å². The van der Waals surface area contributed by atoms with E-state index in [1.807, 2.05) is 18.2 Å². The first-order chi connectivity index (χ1) is 36.7. The van der Waals surface area contributed by atoms with E-state index in [1.165, 1.54) is 41.3 Å². The first kappa shape index (κ1) is 48.6. The molecular formula is C52H32N10O11S3. The van der Waals surface area contributed by atoms with Crippen LogP contribution in [0.1, 0.15) is 38.0 Å². The van der Waals surface area contributed by atoms with Crippen molar-refractivity contribution in [1.82, 2.24) is 44.8 Å². The number of thiocarbonyl (C=S) groups is 1. The summed E-state index contributed by atoms with van der Waals surface area (Å²) >= 11 is 7.87. The Kier molecular flexibility index (Phi) is 12.4. The minimum absolute atomic E-state index is 0.00336. The maximum atomic E-state index is 12.3.